The summed E-state index contributed by atoms with van der Waals surface area (Å²) in [7, 11) is 0. The Morgan fingerprint density at radius 3 is 2.95 bits per heavy atom. The molecule has 1 N–H and O–H groups in total. The number of ketones is 1. The summed E-state index contributed by atoms with van der Waals surface area (Å²) in [6.07, 6.45) is 2.90. The molecule has 0 spiro atoms. The quantitative estimate of drug-likeness (QED) is 0.878. The van der Waals surface area contributed by atoms with Crippen molar-refractivity contribution in [2.75, 3.05) is 5.32 Å². The van der Waals surface area contributed by atoms with Crippen LogP contribution in [-0.4, -0.2) is 20.5 Å². The number of nitrogens with one attached hydrogen (secondary N) is 1. The lowest BCUT2D eigenvalue weighted by Gasteiger charge is -2.34. The molecule has 0 bridgehead atoms. The Bertz CT molecular complexity index is 795. The largest absolute Gasteiger partial charge is 0.328 e. The summed E-state index contributed by atoms with van der Waals surface area (Å²) in [5.41, 5.74) is 2.60. The molecule has 0 fully saturated rings. The first-order valence-electron chi connectivity index (χ1n) is 7.32. The summed E-state index contributed by atoms with van der Waals surface area (Å²) in [5, 5.41) is 8.20. The van der Waals surface area contributed by atoms with Crippen LogP contribution in [0.2, 0.25) is 5.02 Å². The van der Waals surface area contributed by atoms with Gasteiger partial charge < -0.3 is 5.32 Å². The number of Topliss-reactive ketones (excluding diaryl/α,β-unsaturated/α-hetero) is 1. The minimum atomic E-state index is -0.303. The van der Waals surface area contributed by atoms with Gasteiger partial charge in [-0.25, -0.2) is 4.68 Å². The van der Waals surface area contributed by atoms with E-state index in [9.17, 15) is 4.79 Å². The normalized spacial score (nSPS) is 23.8. The first-order chi connectivity index (χ1) is 10.6. The molecule has 2 atom stereocenters. The standard InChI is InChI=1S/C16H15ClN4O/c1-9-6-12-14(13(22)7-9)15(10-4-2-3-5-11(10)17)21-16(20-12)18-8-19-21/h2-5,8-9,15H,6-7H2,1H3,(H,18,19,20)/t9-,15+/m0/s1. The maximum Gasteiger partial charge on any atom is 0.226 e. The highest BCUT2D eigenvalue weighted by Gasteiger charge is 2.38. The number of allylic oxidation sites excluding steroid dienone is 2. The van der Waals surface area contributed by atoms with Gasteiger partial charge in [-0.15, -0.1) is 0 Å². The van der Waals surface area contributed by atoms with Crippen LogP contribution in [0.1, 0.15) is 31.4 Å². The van der Waals surface area contributed by atoms with Crippen LogP contribution >= 0.6 is 11.6 Å². The van der Waals surface area contributed by atoms with E-state index in [0.29, 0.717) is 23.3 Å². The predicted molar refractivity (Wildman–Crippen MR) is 83.7 cm³/mol. The molecule has 6 heteroatoms. The maximum absolute atomic E-state index is 12.7. The Hall–Kier alpha value is -2.14. The van der Waals surface area contributed by atoms with Crippen LogP contribution in [-0.2, 0) is 4.79 Å². The Balaban J connectivity index is 1.94. The molecule has 5 nitrogen and oxygen atoms in total. The highest BCUT2D eigenvalue weighted by atomic mass is 35.5. The van der Waals surface area contributed by atoms with Crippen molar-refractivity contribution in [2.24, 2.45) is 5.92 Å². The fourth-order valence-corrected chi connectivity index (χ4v) is 3.57. The molecule has 0 radical (unpaired) electrons. The lowest BCUT2D eigenvalue weighted by atomic mass is 9.81. The predicted octanol–water partition coefficient (Wildman–Crippen LogP) is 3.20. The van der Waals surface area contributed by atoms with E-state index < -0.39 is 0 Å². The molecule has 0 saturated heterocycles. The molecule has 0 unspecified atom stereocenters. The number of rotatable bonds is 1. The number of carbonyl (C=O) groups is 1. The van der Waals surface area contributed by atoms with Crippen molar-refractivity contribution >= 4 is 23.3 Å². The molecular weight excluding hydrogens is 300 g/mol. The number of nitrogens with zero attached hydrogens (tertiary/aromatic N) is 3. The molecule has 1 aliphatic heterocycles. The summed E-state index contributed by atoms with van der Waals surface area (Å²) in [4.78, 5) is 16.9. The number of fused-ring (bicyclic) bond motifs is 1. The summed E-state index contributed by atoms with van der Waals surface area (Å²) < 4.78 is 1.74. The molecule has 1 aliphatic carbocycles. The minimum Gasteiger partial charge on any atom is -0.328 e. The van der Waals surface area contributed by atoms with E-state index >= 15 is 0 Å². The molecule has 1 aromatic carbocycles. The monoisotopic (exact) mass is 314 g/mol. The summed E-state index contributed by atoms with van der Waals surface area (Å²) >= 11 is 6.38. The van der Waals surface area contributed by atoms with Crippen LogP contribution < -0.4 is 5.32 Å². The topological polar surface area (TPSA) is 59.8 Å². The van der Waals surface area contributed by atoms with Crippen LogP contribution in [0.4, 0.5) is 5.95 Å². The third-order valence-electron chi connectivity index (χ3n) is 4.27. The highest BCUT2D eigenvalue weighted by molar-refractivity contribution is 6.31. The number of aromatic nitrogens is 3. The fourth-order valence-electron chi connectivity index (χ4n) is 3.33. The molecule has 0 saturated carbocycles. The van der Waals surface area contributed by atoms with Crippen molar-refractivity contribution in [1.82, 2.24) is 14.8 Å². The van der Waals surface area contributed by atoms with E-state index in [1.54, 1.807) is 4.68 Å². The highest BCUT2D eigenvalue weighted by Crippen LogP contribution is 2.42. The summed E-state index contributed by atoms with van der Waals surface area (Å²) in [5.74, 6) is 1.15. The van der Waals surface area contributed by atoms with E-state index in [2.05, 4.69) is 22.3 Å². The zero-order chi connectivity index (χ0) is 15.3. The third-order valence-corrected chi connectivity index (χ3v) is 4.61. The van der Waals surface area contributed by atoms with Gasteiger partial charge in [0.1, 0.15) is 12.4 Å². The van der Waals surface area contributed by atoms with Crippen molar-refractivity contribution in [3.8, 4) is 0 Å². The molecule has 4 rings (SSSR count). The average molecular weight is 315 g/mol. The molecule has 22 heavy (non-hydrogen) atoms. The lowest BCUT2D eigenvalue weighted by Crippen LogP contribution is -2.33. The van der Waals surface area contributed by atoms with Gasteiger partial charge in [0.05, 0.1) is 0 Å². The first kappa shape index (κ1) is 13.5. The van der Waals surface area contributed by atoms with Gasteiger partial charge in [0, 0.05) is 28.3 Å². The van der Waals surface area contributed by atoms with Crippen molar-refractivity contribution in [2.45, 2.75) is 25.8 Å². The SMILES string of the molecule is C[C@@H]1CC(=O)C2=C(C1)Nc1ncnn1[C@@H]2c1ccccc1Cl. The summed E-state index contributed by atoms with van der Waals surface area (Å²) in [6.45, 7) is 2.09. The van der Waals surface area contributed by atoms with Gasteiger partial charge in [-0.2, -0.15) is 10.1 Å². The Kier molecular flexibility index (Phi) is 3.04. The van der Waals surface area contributed by atoms with Crippen LogP contribution in [0.25, 0.3) is 0 Å². The second-order valence-corrected chi connectivity index (χ2v) is 6.31. The number of anilines is 1. The lowest BCUT2D eigenvalue weighted by molar-refractivity contribution is -0.117. The van der Waals surface area contributed by atoms with Crippen molar-refractivity contribution < 1.29 is 4.79 Å². The van der Waals surface area contributed by atoms with Crippen molar-refractivity contribution in [3.05, 3.63) is 52.4 Å². The van der Waals surface area contributed by atoms with Gasteiger partial charge >= 0.3 is 0 Å². The number of hydrogen-bond acceptors (Lipinski definition) is 4. The van der Waals surface area contributed by atoms with E-state index in [-0.39, 0.29) is 11.8 Å². The van der Waals surface area contributed by atoms with E-state index in [1.165, 1.54) is 6.33 Å². The van der Waals surface area contributed by atoms with Crippen LogP contribution in [0.15, 0.2) is 41.9 Å². The van der Waals surface area contributed by atoms with Gasteiger partial charge in [-0.1, -0.05) is 36.7 Å². The number of benzene rings is 1. The molecular formula is C16H15ClN4O. The van der Waals surface area contributed by atoms with Crippen molar-refractivity contribution in [3.63, 3.8) is 0 Å². The van der Waals surface area contributed by atoms with Gasteiger partial charge in [-0.3, -0.25) is 4.79 Å². The van der Waals surface area contributed by atoms with Gasteiger partial charge in [0.15, 0.2) is 5.78 Å². The summed E-state index contributed by atoms with van der Waals surface area (Å²) in [6, 6.07) is 7.29. The van der Waals surface area contributed by atoms with E-state index in [1.807, 2.05) is 24.3 Å². The molecule has 1 aromatic heterocycles. The Morgan fingerprint density at radius 2 is 2.14 bits per heavy atom. The number of halogens is 1. The molecule has 2 heterocycles. The fraction of sp³-hybridized carbons (Fsp3) is 0.312. The Labute approximate surface area is 133 Å². The maximum atomic E-state index is 12.7. The molecule has 0 amide bonds. The van der Waals surface area contributed by atoms with E-state index in [4.69, 9.17) is 11.6 Å². The van der Waals surface area contributed by atoms with Crippen LogP contribution in [0.3, 0.4) is 0 Å². The van der Waals surface area contributed by atoms with Crippen LogP contribution in [0, 0.1) is 5.92 Å². The van der Waals surface area contributed by atoms with Gasteiger partial charge in [0.25, 0.3) is 0 Å². The smallest absolute Gasteiger partial charge is 0.226 e. The minimum absolute atomic E-state index is 0.160. The average Bonchev–Trinajstić information content (AvgIpc) is 2.93. The molecule has 2 aromatic rings. The van der Waals surface area contributed by atoms with E-state index in [0.717, 1.165) is 23.3 Å². The molecule has 2 aliphatic rings. The van der Waals surface area contributed by atoms with Crippen LogP contribution in [0.5, 0.6) is 0 Å². The zero-order valence-electron chi connectivity index (χ0n) is 12.1. The Morgan fingerprint density at radius 1 is 1.32 bits per heavy atom. The van der Waals surface area contributed by atoms with Gasteiger partial charge in [0.2, 0.25) is 5.95 Å². The second kappa shape index (κ2) is 4.95. The third kappa shape index (κ3) is 1.96. The van der Waals surface area contributed by atoms with Crippen molar-refractivity contribution in [1.29, 1.82) is 0 Å². The van der Waals surface area contributed by atoms with Gasteiger partial charge in [-0.05, 0) is 18.4 Å². The first-order valence-corrected chi connectivity index (χ1v) is 7.70. The number of carbonyl (C=O) groups excluding carboxylic acids is 1. The second-order valence-electron chi connectivity index (χ2n) is 5.91. The zero-order valence-corrected chi connectivity index (χ0v) is 12.8. The molecule has 112 valence electrons. The number of hydrogen-bond donors (Lipinski definition) is 1.